The molecule has 0 saturated carbocycles. The summed E-state index contributed by atoms with van der Waals surface area (Å²) in [6.07, 6.45) is -7.10. The molecule has 0 spiro atoms. The number of esters is 1. The van der Waals surface area contributed by atoms with Crippen LogP contribution in [0.5, 0.6) is 0 Å². The van der Waals surface area contributed by atoms with Gasteiger partial charge in [-0.3, -0.25) is 0 Å². The Morgan fingerprint density at radius 3 is 2.53 bits per heavy atom. The van der Waals surface area contributed by atoms with Gasteiger partial charge >= 0.3 is 5.97 Å². The van der Waals surface area contributed by atoms with Crippen LogP contribution in [0.15, 0.2) is 12.7 Å². The van der Waals surface area contributed by atoms with Crippen LogP contribution in [-0.4, -0.2) is 70.0 Å². The van der Waals surface area contributed by atoms with Crippen molar-refractivity contribution in [3.8, 4) is 0 Å². The number of hydrogen-bond donors (Lipinski definition) is 4. The van der Waals surface area contributed by atoms with Gasteiger partial charge in [0.15, 0.2) is 6.29 Å². The summed E-state index contributed by atoms with van der Waals surface area (Å²) >= 11 is 0. The van der Waals surface area contributed by atoms with Gasteiger partial charge in [0.2, 0.25) is 6.29 Å². The molecule has 0 aromatic carbocycles. The van der Waals surface area contributed by atoms with E-state index in [2.05, 4.69) is 6.58 Å². The zero-order chi connectivity index (χ0) is 14.6. The first-order valence-electron chi connectivity index (χ1n) is 5.69. The number of aliphatic hydroxyl groups excluding tert-OH is 4. The molecule has 6 atom stereocenters. The molecule has 110 valence electrons. The molecule has 8 heteroatoms. The van der Waals surface area contributed by atoms with E-state index >= 15 is 0 Å². The molecule has 0 radical (unpaired) electrons. The third-order valence-corrected chi connectivity index (χ3v) is 2.62. The Balaban J connectivity index is 2.61. The second kappa shape index (κ2) is 6.94. The van der Waals surface area contributed by atoms with Gasteiger partial charge in [0.05, 0.1) is 6.61 Å². The molecule has 1 aliphatic heterocycles. The Morgan fingerprint density at radius 1 is 1.37 bits per heavy atom. The Labute approximate surface area is 109 Å². The molecule has 1 rings (SSSR count). The van der Waals surface area contributed by atoms with E-state index in [0.29, 0.717) is 0 Å². The molecule has 4 N–H and O–H groups in total. The second-order valence-corrected chi connectivity index (χ2v) is 4.04. The van der Waals surface area contributed by atoms with Crippen LogP contribution in [0.4, 0.5) is 0 Å². The Morgan fingerprint density at radius 2 is 2.00 bits per heavy atom. The first-order chi connectivity index (χ1) is 8.90. The number of carbonyl (C=O) groups is 1. The van der Waals surface area contributed by atoms with E-state index in [1.807, 2.05) is 0 Å². The molecule has 0 bridgehead atoms. The Hall–Kier alpha value is -1.03. The van der Waals surface area contributed by atoms with Crippen molar-refractivity contribution in [3.05, 3.63) is 12.7 Å². The largest absolute Gasteiger partial charge is 0.433 e. The lowest BCUT2D eigenvalue weighted by atomic mass is 9.99. The molecular formula is C11H18O8. The number of hydrogen-bond acceptors (Lipinski definition) is 8. The molecule has 8 nitrogen and oxygen atoms in total. The highest BCUT2D eigenvalue weighted by atomic mass is 16.8. The number of carbonyl (C=O) groups excluding carboxylic acids is 1. The van der Waals surface area contributed by atoms with Crippen LogP contribution in [0.1, 0.15) is 6.92 Å². The summed E-state index contributed by atoms with van der Waals surface area (Å²) in [5.74, 6) is -0.725. The highest BCUT2D eigenvalue weighted by Gasteiger charge is 2.44. The fourth-order valence-corrected chi connectivity index (χ4v) is 1.61. The van der Waals surface area contributed by atoms with Crippen LogP contribution >= 0.6 is 0 Å². The maximum Gasteiger partial charge on any atom is 0.332 e. The lowest BCUT2D eigenvalue weighted by Gasteiger charge is -2.40. The average Bonchev–Trinajstić information content (AvgIpc) is 2.39. The first-order valence-corrected chi connectivity index (χ1v) is 5.69. The molecule has 0 aromatic rings. The molecule has 1 aliphatic rings. The summed E-state index contributed by atoms with van der Waals surface area (Å²) < 4.78 is 14.9. The van der Waals surface area contributed by atoms with Crippen molar-refractivity contribution in [3.63, 3.8) is 0 Å². The van der Waals surface area contributed by atoms with Crippen molar-refractivity contribution >= 4 is 5.97 Å². The van der Waals surface area contributed by atoms with Crippen LogP contribution < -0.4 is 0 Å². The van der Waals surface area contributed by atoms with Gasteiger partial charge in [-0.1, -0.05) is 6.58 Å². The summed E-state index contributed by atoms with van der Waals surface area (Å²) in [5, 5.41) is 37.7. The van der Waals surface area contributed by atoms with E-state index in [-0.39, 0.29) is 0 Å². The van der Waals surface area contributed by atoms with Gasteiger partial charge < -0.3 is 34.6 Å². The fraction of sp³-hybridized carbons (Fsp3) is 0.727. The predicted octanol–water partition coefficient (Wildman–Crippen LogP) is -2.12. The normalized spacial score (nSPS) is 36.6. The maximum absolute atomic E-state index is 10.9. The van der Waals surface area contributed by atoms with E-state index in [0.717, 1.165) is 6.08 Å². The number of aliphatic hydroxyl groups is 4. The second-order valence-electron chi connectivity index (χ2n) is 4.04. The van der Waals surface area contributed by atoms with Crippen molar-refractivity contribution in [2.75, 3.05) is 6.61 Å². The molecule has 0 aromatic heterocycles. The molecule has 1 heterocycles. The third-order valence-electron chi connectivity index (χ3n) is 2.62. The zero-order valence-corrected chi connectivity index (χ0v) is 10.4. The van der Waals surface area contributed by atoms with Crippen molar-refractivity contribution < 1.29 is 39.4 Å². The summed E-state index contributed by atoms with van der Waals surface area (Å²) in [4.78, 5) is 10.9. The number of ether oxygens (including phenoxy) is 3. The molecule has 2 unspecified atom stereocenters. The predicted molar refractivity (Wildman–Crippen MR) is 60.6 cm³/mol. The summed E-state index contributed by atoms with van der Waals surface area (Å²) in [7, 11) is 0. The lowest BCUT2D eigenvalue weighted by molar-refractivity contribution is -0.329. The van der Waals surface area contributed by atoms with E-state index in [1.54, 1.807) is 0 Å². The first kappa shape index (κ1) is 16.0. The maximum atomic E-state index is 10.9. The minimum absolute atomic E-state index is 0.564. The van der Waals surface area contributed by atoms with Crippen LogP contribution in [0, 0.1) is 0 Å². The molecule has 19 heavy (non-hydrogen) atoms. The SMILES string of the molecule is C=CC(=O)OC(C)OC1O[C@H](CO)[C@@H](O)[C@H](O)[C@H]1O. The minimum atomic E-state index is -1.54. The minimum Gasteiger partial charge on any atom is -0.433 e. The van der Waals surface area contributed by atoms with Crippen molar-refractivity contribution in [1.82, 2.24) is 0 Å². The van der Waals surface area contributed by atoms with Gasteiger partial charge in [-0.15, -0.1) is 0 Å². The summed E-state index contributed by atoms with van der Waals surface area (Å²) in [6, 6.07) is 0. The topological polar surface area (TPSA) is 126 Å². The standard InChI is InChI=1S/C11H18O8/c1-3-7(13)17-5(2)18-11-10(16)9(15)8(14)6(4-12)19-11/h3,5-6,8-12,14-16H,1,4H2,2H3/t5?,6-,8-,9+,10-,11?/m1/s1. The van der Waals surface area contributed by atoms with E-state index < -0.39 is 49.6 Å². The highest BCUT2D eigenvalue weighted by molar-refractivity contribution is 5.81. The Kier molecular flexibility index (Phi) is 5.85. The van der Waals surface area contributed by atoms with E-state index in [9.17, 15) is 20.1 Å². The van der Waals surface area contributed by atoms with Gasteiger partial charge in [0.1, 0.15) is 24.4 Å². The molecule has 0 amide bonds. The quantitative estimate of drug-likeness (QED) is 0.255. The van der Waals surface area contributed by atoms with E-state index in [1.165, 1.54) is 6.92 Å². The van der Waals surface area contributed by atoms with Crippen LogP contribution in [0.2, 0.25) is 0 Å². The molecular weight excluding hydrogens is 260 g/mol. The van der Waals surface area contributed by atoms with Crippen molar-refractivity contribution in [1.29, 1.82) is 0 Å². The van der Waals surface area contributed by atoms with Gasteiger partial charge in [0.25, 0.3) is 0 Å². The molecule has 1 saturated heterocycles. The molecule has 0 aliphatic carbocycles. The van der Waals surface area contributed by atoms with Gasteiger partial charge in [-0.25, -0.2) is 4.79 Å². The van der Waals surface area contributed by atoms with Crippen LogP contribution in [0.3, 0.4) is 0 Å². The monoisotopic (exact) mass is 278 g/mol. The van der Waals surface area contributed by atoms with Gasteiger partial charge in [0, 0.05) is 6.08 Å². The van der Waals surface area contributed by atoms with E-state index in [4.69, 9.17) is 19.3 Å². The average molecular weight is 278 g/mol. The lowest BCUT2D eigenvalue weighted by Crippen LogP contribution is -2.59. The zero-order valence-electron chi connectivity index (χ0n) is 10.4. The summed E-state index contributed by atoms with van der Waals surface area (Å²) in [5.41, 5.74) is 0. The smallest absolute Gasteiger partial charge is 0.332 e. The third kappa shape index (κ3) is 3.96. The van der Waals surface area contributed by atoms with Gasteiger partial charge in [-0.2, -0.15) is 0 Å². The fourth-order valence-electron chi connectivity index (χ4n) is 1.61. The highest BCUT2D eigenvalue weighted by Crippen LogP contribution is 2.23. The Bertz CT molecular complexity index is 318. The van der Waals surface area contributed by atoms with Crippen LogP contribution in [-0.2, 0) is 19.0 Å². The summed E-state index contributed by atoms with van der Waals surface area (Å²) in [6.45, 7) is 4.02. The van der Waals surface area contributed by atoms with Crippen LogP contribution in [0.25, 0.3) is 0 Å². The number of rotatable bonds is 5. The van der Waals surface area contributed by atoms with Gasteiger partial charge in [-0.05, 0) is 6.92 Å². The van der Waals surface area contributed by atoms with Crippen molar-refractivity contribution in [2.24, 2.45) is 0 Å². The molecule has 1 fully saturated rings. The van der Waals surface area contributed by atoms with Crippen molar-refractivity contribution in [2.45, 2.75) is 43.9 Å².